The molecule has 1 N–H and O–H groups in total. The molecular weight excluding hydrogens is 284 g/mol. The van der Waals surface area contributed by atoms with Crippen LogP contribution in [0.5, 0.6) is 0 Å². The Morgan fingerprint density at radius 2 is 2.00 bits per heavy atom. The first-order valence-electron chi connectivity index (χ1n) is 7.36. The minimum atomic E-state index is -0.646. The summed E-state index contributed by atoms with van der Waals surface area (Å²) in [6, 6.07) is 7.67. The summed E-state index contributed by atoms with van der Waals surface area (Å²) >= 11 is 0. The van der Waals surface area contributed by atoms with Crippen molar-refractivity contribution in [2.24, 2.45) is 0 Å². The third-order valence-corrected chi connectivity index (χ3v) is 4.31. The number of methoxy groups -OCH3 is 1. The Bertz CT molecular complexity index is 601. The average Bonchev–Trinajstić information content (AvgIpc) is 2.98. The number of nitrogens with one attached hydrogen (secondary N) is 1. The van der Waals surface area contributed by atoms with Crippen LogP contribution >= 0.6 is 0 Å². The van der Waals surface area contributed by atoms with E-state index in [1.54, 1.807) is 0 Å². The predicted molar refractivity (Wildman–Crippen MR) is 77.7 cm³/mol. The first kappa shape index (κ1) is 14.6. The van der Waals surface area contributed by atoms with Crippen LogP contribution in [-0.4, -0.2) is 47.9 Å². The van der Waals surface area contributed by atoms with Crippen LogP contribution in [-0.2, 0) is 25.5 Å². The van der Waals surface area contributed by atoms with Crippen molar-refractivity contribution in [3.8, 4) is 0 Å². The van der Waals surface area contributed by atoms with Gasteiger partial charge in [0.25, 0.3) is 0 Å². The van der Waals surface area contributed by atoms with E-state index in [4.69, 9.17) is 4.74 Å². The van der Waals surface area contributed by atoms with Gasteiger partial charge in [0.05, 0.1) is 7.11 Å². The molecule has 1 aromatic rings. The van der Waals surface area contributed by atoms with Gasteiger partial charge in [0.1, 0.15) is 18.1 Å². The molecule has 3 rings (SSSR count). The molecule has 3 atom stereocenters. The molecule has 1 aromatic carbocycles. The number of nitrogens with zero attached hydrogens (tertiary/aromatic N) is 1. The van der Waals surface area contributed by atoms with E-state index < -0.39 is 24.1 Å². The molecule has 22 heavy (non-hydrogen) atoms. The summed E-state index contributed by atoms with van der Waals surface area (Å²) in [7, 11) is 1.30. The van der Waals surface area contributed by atoms with E-state index in [1.807, 2.05) is 30.3 Å². The number of ether oxygens (including phenoxy) is 1. The molecule has 2 heterocycles. The van der Waals surface area contributed by atoms with Crippen molar-refractivity contribution in [1.82, 2.24) is 10.2 Å². The highest BCUT2D eigenvalue weighted by Crippen LogP contribution is 2.29. The van der Waals surface area contributed by atoms with E-state index >= 15 is 0 Å². The summed E-state index contributed by atoms with van der Waals surface area (Å²) in [5, 5.41) is 2.78. The van der Waals surface area contributed by atoms with E-state index in [1.165, 1.54) is 12.0 Å². The lowest BCUT2D eigenvalue weighted by atomic mass is 10.0. The van der Waals surface area contributed by atoms with Crippen molar-refractivity contribution in [1.29, 1.82) is 0 Å². The van der Waals surface area contributed by atoms with E-state index in [0.29, 0.717) is 19.3 Å². The Kier molecular flexibility index (Phi) is 3.83. The number of hydrogen-bond donors (Lipinski definition) is 1. The van der Waals surface area contributed by atoms with Gasteiger partial charge in [-0.05, 0) is 18.4 Å². The SMILES string of the molecule is COC(=O)[C@H]1CC[C@H]2C(=O)N[C@@H](Cc3ccccc3)C(=O)N12. The summed E-state index contributed by atoms with van der Waals surface area (Å²) in [6.07, 6.45) is 1.38. The van der Waals surface area contributed by atoms with Gasteiger partial charge < -0.3 is 15.0 Å². The molecular formula is C16H18N2O4. The van der Waals surface area contributed by atoms with Gasteiger partial charge in [-0.1, -0.05) is 30.3 Å². The lowest BCUT2D eigenvalue weighted by Gasteiger charge is -2.37. The molecule has 0 radical (unpaired) electrons. The Hall–Kier alpha value is -2.37. The second-order valence-electron chi connectivity index (χ2n) is 5.63. The van der Waals surface area contributed by atoms with Crippen molar-refractivity contribution in [2.75, 3.05) is 7.11 Å². The lowest BCUT2D eigenvalue weighted by Crippen LogP contribution is -2.64. The van der Waals surface area contributed by atoms with E-state index in [2.05, 4.69) is 5.32 Å². The van der Waals surface area contributed by atoms with Crippen LogP contribution in [0.25, 0.3) is 0 Å². The number of esters is 1. The maximum Gasteiger partial charge on any atom is 0.328 e. The molecule has 2 saturated heterocycles. The highest BCUT2D eigenvalue weighted by molar-refractivity contribution is 6.00. The van der Waals surface area contributed by atoms with Gasteiger partial charge in [-0.15, -0.1) is 0 Å². The Morgan fingerprint density at radius 1 is 1.27 bits per heavy atom. The quantitative estimate of drug-likeness (QED) is 0.813. The number of fused-ring (bicyclic) bond motifs is 1. The van der Waals surface area contributed by atoms with Gasteiger partial charge in [-0.3, -0.25) is 9.59 Å². The third kappa shape index (κ3) is 2.45. The standard InChI is InChI=1S/C16H18N2O4/c1-22-16(21)13-8-7-12-14(19)17-11(15(20)18(12)13)9-10-5-3-2-4-6-10/h2-6,11-13H,7-9H2,1H3,(H,17,19)/t11-,12-,13+/m0/s1. The van der Waals surface area contributed by atoms with Crippen LogP contribution < -0.4 is 5.32 Å². The number of benzene rings is 1. The van der Waals surface area contributed by atoms with Crippen molar-refractivity contribution in [2.45, 2.75) is 37.4 Å². The molecule has 2 fully saturated rings. The maximum atomic E-state index is 12.7. The van der Waals surface area contributed by atoms with Crippen LogP contribution in [0.4, 0.5) is 0 Å². The minimum absolute atomic E-state index is 0.188. The maximum absolute atomic E-state index is 12.7. The van der Waals surface area contributed by atoms with Gasteiger partial charge in [-0.2, -0.15) is 0 Å². The van der Waals surface area contributed by atoms with Gasteiger partial charge in [-0.25, -0.2) is 4.79 Å². The number of amides is 2. The largest absolute Gasteiger partial charge is 0.467 e. The number of rotatable bonds is 3. The third-order valence-electron chi connectivity index (χ3n) is 4.31. The van der Waals surface area contributed by atoms with Gasteiger partial charge >= 0.3 is 5.97 Å². The van der Waals surface area contributed by atoms with Crippen molar-refractivity contribution >= 4 is 17.8 Å². The highest BCUT2D eigenvalue weighted by atomic mass is 16.5. The molecule has 2 aliphatic rings. The van der Waals surface area contributed by atoms with Gasteiger partial charge in [0.2, 0.25) is 11.8 Å². The van der Waals surface area contributed by atoms with Crippen molar-refractivity contribution in [3.63, 3.8) is 0 Å². The van der Waals surface area contributed by atoms with E-state index in [9.17, 15) is 14.4 Å². The molecule has 2 amide bonds. The summed E-state index contributed by atoms with van der Waals surface area (Å²) in [5.41, 5.74) is 0.966. The zero-order valence-electron chi connectivity index (χ0n) is 12.3. The molecule has 0 unspecified atom stereocenters. The summed E-state index contributed by atoms with van der Waals surface area (Å²) < 4.78 is 4.76. The number of piperazine rings is 1. The van der Waals surface area contributed by atoms with Crippen LogP contribution in [0.15, 0.2) is 30.3 Å². The molecule has 6 nitrogen and oxygen atoms in total. The lowest BCUT2D eigenvalue weighted by molar-refractivity contribution is -0.157. The second-order valence-corrected chi connectivity index (χ2v) is 5.63. The summed E-state index contributed by atoms with van der Waals surface area (Å²) in [6.45, 7) is 0. The highest BCUT2D eigenvalue weighted by Gasteiger charge is 2.50. The zero-order valence-corrected chi connectivity index (χ0v) is 12.3. The number of hydrogen-bond acceptors (Lipinski definition) is 4. The molecule has 0 bridgehead atoms. The van der Waals surface area contributed by atoms with Gasteiger partial charge in [0.15, 0.2) is 0 Å². The fourth-order valence-electron chi connectivity index (χ4n) is 3.24. The Balaban J connectivity index is 1.82. The Labute approximate surface area is 128 Å². The fraction of sp³-hybridized carbons (Fsp3) is 0.438. The monoisotopic (exact) mass is 302 g/mol. The topological polar surface area (TPSA) is 75.7 Å². The Morgan fingerprint density at radius 3 is 2.68 bits per heavy atom. The molecule has 6 heteroatoms. The normalized spacial score (nSPS) is 27.3. The van der Waals surface area contributed by atoms with Crippen molar-refractivity contribution < 1.29 is 19.1 Å². The summed E-state index contributed by atoms with van der Waals surface area (Å²) in [5.74, 6) is -0.850. The van der Waals surface area contributed by atoms with E-state index in [0.717, 1.165) is 5.56 Å². The molecule has 0 saturated carbocycles. The smallest absolute Gasteiger partial charge is 0.328 e. The first-order valence-corrected chi connectivity index (χ1v) is 7.36. The van der Waals surface area contributed by atoms with Gasteiger partial charge in [0, 0.05) is 6.42 Å². The number of carbonyl (C=O) groups excluding carboxylic acids is 3. The average molecular weight is 302 g/mol. The van der Waals surface area contributed by atoms with E-state index in [-0.39, 0.29) is 11.8 Å². The zero-order chi connectivity index (χ0) is 15.7. The number of carbonyl (C=O) groups is 3. The van der Waals surface area contributed by atoms with Crippen LogP contribution in [0.1, 0.15) is 18.4 Å². The minimum Gasteiger partial charge on any atom is -0.467 e. The molecule has 116 valence electrons. The van der Waals surface area contributed by atoms with Crippen LogP contribution in [0, 0.1) is 0 Å². The second kappa shape index (κ2) is 5.79. The molecule has 0 aliphatic carbocycles. The van der Waals surface area contributed by atoms with Crippen LogP contribution in [0.3, 0.4) is 0 Å². The molecule has 2 aliphatic heterocycles. The summed E-state index contributed by atoms with van der Waals surface area (Å²) in [4.78, 5) is 38.2. The predicted octanol–water partition coefficient (Wildman–Crippen LogP) is 0.260. The molecule has 0 aromatic heterocycles. The molecule has 0 spiro atoms. The van der Waals surface area contributed by atoms with Crippen molar-refractivity contribution in [3.05, 3.63) is 35.9 Å². The van der Waals surface area contributed by atoms with Crippen LogP contribution in [0.2, 0.25) is 0 Å². The fourth-order valence-corrected chi connectivity index (χ4v) is 3.24. The first-order chi connectivity index (χ1) is 10.6.